The van der Waals surface area contributed by atoms with Crippen LogP contribution in [0.2, 0.25) is 0 Å². The average Bonchev–Trinajstić information content (AvgIpc) is 3.21. The van der Waals surface area contributed by atoms with Gasteiger partial charge in [0.05, 0.1) is 18.2 Å². The minimum Gasteiger partial charge on any atom is -0.376 e. The Kier molecular flexibility index (Phi) is 5.55. The number of carbonyl (C=O) groups is 4. The lowest BCUT2D eigenvalue weighted by molar-refractivity contribution is -0.138. The molecule has 144 valence electrons. The first-order valence-corrected chi connectivity index (χ1v) is 9.00. The highest BCUT2D eigenvalue weighted by atomic mass is 16.5. The molecular formula is C19H23N3O5. The van der Waals surface area contributed by atoms with Crippen molar-refractivity contribution in [2.45, 2.75) is 45.3 Å². The molecule has 2 aliphatic rings. The summed E-state index contributed by atoms with van der Waals surface area (Å²) in [7, 11) is 0. The molecule has 2 atom stereocenters. The predicted octanol–water partition coefficient (Wildman–Crippen LogP) is 1.30. The number of ether oxygens (including phenoxy) is 1. The van der Waals surface area contributed by atoms with E-state index in [-0.39, 0.29) is 30.2 Å². The van der Waals surface area contributed by atoms with Crippen molar-refractivity contribution in [1.29, 1.82) is 0 Å². The molecule has 0 radical (unpaired) electrons. The number of nitrogens with one attached hydrogen (secondary N) is 1. The Morgan fingerprint density at radius 1 is 1.22 bits per heavy atom. The lowest BCUT2D eigenvalue weighted by Crippen LogP contribution is -2.47. The molecule has 8 heteroatoms. The maximum Gasteiger partial charge on any atom is 0.257 e. The molecule has 8 nitrogen and oxygen atoms in total. The third-order valence-corrected chi connectivity index (χ3v) is 4.77. The second-order valence-corrected chi connectivity index (χ2v) is 6.82. The number of nitrogens with zero attached hydrogens (tertiary/aromatic N) is 2. The van der Waals surface area contributed by atoms with Crippen LogP contribution in [-0.2, 0) is 23.9 Å². The van der Waals surface area contributed by atoms with E-state index in [0.717, 1.165) is 17.7 Å². The number of rotatable bonds is 5. The van der Waals surface area contributed by atoms with E-state index in [1.807, 2.05) is 0 Å². The maximum atomic E-state index is 12.9. The van der Waals surface area contributed by atoms with E-state index in [1.165, 1.54) is 18.7 Å². The molecule has 4 amide bonds. The Morgan fingerprint density at radius 2 is 1.93 bits per heavy atom. The topological polar surface area (TPSA) is 96.0 Å². The smallest absolute Gasteiger partial charge is 0.257 e. The molecule has 27 heavy (non-hydrogen) atoms. The van der Waals surface area contributed by atoms with Crippen molar-refractivity contribution in [3.8, 4) is 0 Å². The Bertz CT molecular complexity index is 755. The zero-order chi connectivity index (χ0) is 19.6. The van der Waals surface area contributed by atoms with Gasteiger partial charge in [-0.2, -0.15) is 0 Å². The van der Waals surface area contributed by atoms with E-state index in [1.54, 1.807) is 24.3 Å². The molecular weight excluding hydrogens is 350 g/mol. The first-order valence-electron chi connectivity index (χ1n) is 9.00. The summed E-state index contributed by atoms with van der Waals surface area (Å²) in [6, 6.07) is 5.64. The Morgan fingerprint density at radius 3 is 2.48 bits per heavy atom. The van der Waals surface area contributed by atoms with Crippen molar-refractivity contribution in [1.82, 2.24) is 4.90 Å². The van der Waals surface area contributed by atoms with Crippen molar-refractivity contribution >= 4 is 35.0 Å². The third-order valence-electron chi connectivity index (χ3n) is 4.77. The Hall–Kier alpha value is -2.74. The zero-order valence-electron chi connectivity index (χ0n) is 15.4. The maximum absolute atomic E-state index is 12.9. The summed E-state index contributed by atoms with van der Waals surface area (Å²) in [6.07, 6.45) is 1.63. The van der Waals surface area contributed by atoms with Crippen molar-refractivity contribution < 1.29 is 23.9 Å². The quantitative estimate of drug-likeness (QED) is 0.785. The molecule has 0 spiro atoms. The van der Waals surface area contributed by atoms with Crippen LogP contribution in [0.1, 0.15) is 33.1 Å². The summed E-state index contributed by atoms with van der Waals surface area (Å²) in [6.45, 7) is 3.77. The SMILES string of the molecule is CC(=O)Nc1ccc(N2C(=O)CC(N(CC3CCCO3)C(C)=O)C2=O)cc1. The number of amides is 4. The number of imide groups is 1. The highest BCUT2D eigenvalue weighted by Crippen LogP contribution is 2.28. The van der Waals surface area contributed by atoms with Gasteiger partial charge in [0.2, 0.25) is 17.7 Å². The Balaban J connectivity index is 1.76. The van der Waals surface area contributed by atoms with Crippen LogP contribution < -0.4 is 10.2 Å². The van der Waals surface area contributed by atoms with E-state index < -0.39 is 11.9 Å². The van der Waals surface area contributed by atoms with Gasteiger partial charge in [-0.25, -0.2) is 4.90 Å². The van der Waals surface area contributed by atoms with E-state index in [9.17, 15) is 19.2 Å². The lowest BCUT2D eigenvalue weighted by Gasteiger charge is -2.28. The van der Waals surface area contributed by atoms with Gasteiger partial charge in [0.15, 0.2) is 0 Å². The highest BCUT2D eigenvalue weighted by Gasteiger charge is 2.44. The van der Waals surface area contributed by atoms with Crippen LogP contribution in [-0.4, -0.2) is 53.8 Å². The summed E-state index contributed by atoms with van der Waals surface area (Å²) in [5.74, 6) is -1.22. The molecule has 0 bridgehead atoms. The molecule has 3 rings (SSSR count). The number of benzene rings is 1. The van der Waals surface area contributed by atoms with Crippen LogP contribution >= 0.6 is 0 Å². The van der Waals surface area contributed by atoms with E-state index in [2.05, 4.69) is 5.32 Å². The molecule has 0 saturated carbocycles. The van der Waals surface area contributed by atoms with Gasteiger partial charge in [0.1, 0.15) is 6.04 Å². The van der Waals surface area contributed by atoms with Gasteiger partial charge in [0.25, 0.3) is 5.91 Å². The monoisotopic (exact) mass is 373 g/mol. The molecule has 2 aliphatic heterocycles. The fourth-order valence-electron chi connectivity index (χ4n) is 3.51. The van der Waals surface area contributed by atoms with Crippen LogP contribution in [0.5, 0.6) is 0 Å². The molecule has 2 saturated heterocycles. The summed E-state index contributed by atoms with van der Waals surface area (Å²) < 4.78 is 5.57. The van der Waals surface area contributed by atoms with E-state index in [4.69, 9.17) is 4.74 Å². The first-order chi connectivity index (χ1) is 12.9. The molecule has 1 aromatic rings. The van der Waals surface area contributed by atoms with Gasteiger partial charge in [-0.15, -0.1) is 0 Å². The molecule has 1 N–H and O–H groups in total. The first kappa shape index (κ1) is 19.0. The van der Waals surface area contributed by atoms with Gasteiger partial charge in [0, 0.05) is 32.7 Å². The summed E-state index contributed by atoms with van der Waals surface area (Å²) in [5.41, 5.74) is 0.993. The largest absolute Gasteiger partial charge is 0.376 e. The van der Waals surface area contributed by atoms with Crippen molar-refractivity contribution in [2.24, 2.45) is 0 Å². The minimum absolute atomic E-state index is 0.0431. The van der Waals surface area contributed by atoms with Crippen LogP contribution in [0.3, 0.4) is 0 Å². The third kappa shape index (κ3) is 4.16. The molecule has 0 aromatic heterocycles. The van der Waals surface area contributed by atoms with E-state index >= 15 is 0 Å². The molecule has 0 aliphatic carbocycles. The molecule has 2 heterocycles. The molecule has 1 aromatic carbocycles. The number of hydrogen-bond donors (Lipinski definition) is 1. The summed E-state index contributed by atoms with van der Waals surface area (Å²) in [4.78, 5) is 51.2. The normalized spacial score (nSPS) is 22.2. The average molecular weight is 373 g/mol. The van der Waals surface area contributed by atoms with Gasteiger partial charge >= 0.3 is 0 Å². The van der Waals surface area contributed by atoms with Gasteiger partial charge in [-0.05, 0) is 37.1 Å². The van der Waals surface area contributed by atoms with Crippen LogP contribution in [0.4, 0.5) is 11.4 Å². The number of hydrogen-bond acceptors (Lipinski definition) is 5. The van der Waals surface area contributed by atoms with E-state index in [0.29, 0.717) is 24.5 Å². The standard InChI is InChI=1S/C19H23N3O5/c1-12(23)20-14-5-7-15(8-6-14)22-18(25)10-17(19(22)26)21(13(2)24)11-16-4-3-9-27-16/h5-8,16-17H,3-4,9-11H2,1-2H3,(H,20,23). The highest BCUT2D eigenvalue weighted by molar-refractivity contribution is 6.23. The van der Waals surface area contributed by atoms with Gasteiger partial charge in [-0.3, -0.25) is 19.2 Å². The number of anilines is 2. The fraction of sp³-hybridized carbons (Fsp3) is 0.474. The molecule has 2 unspecified atom stereocenters. The Labute approximate surface area is 157 Å². The van der Waals surface area contributed by atoms with Gasteiger partial charge in [-0.1, -0.05) is 0 Å². The van der Waals surface area contributed by atoms with Crippen LogP contribution in [0, 0.1) is 0 Å². The zero-order valence-corrected chi connectivity index (χ0v) is 15.4. The second kappa shape index (κ2) is 7.87. The summed E-state index contributed by atoms with van der Waals surface area (Å²) in [5, 5.41) is 2.63. The van der Waals surface area contributed by atoms with Crippen molar-refractivity contribution in [2.75, 3.05) is 23.4 Å². The minimum atomic E-state index is -0.811. The lowest BCUT2D eigenvalue weighted by atomic mass is 10.1. The van der Waals surface area contributed by atoms with Crippen molar-refractivity contribution in [3.05, 3.63) is 24.3 Å². The van der Waals surface area contributed by atoms with Gasteiger partial charge < -0.3 is 15.0 Å². The predicted molar refractivity (Wildman–Crippen MR) is 98.0 cm³/mol. The second-order valence-electron chi connectivity index (χ2n) is 6.82. The van der Waals surface area contributed by atoms with Crippen LogP contribution in [0.25, 0.3) is 0 Å². The van der Waals surface area contributed by atoms with Crippen LogP contribution in [0.15, 0.2) is 24.3 Å². The number of carbonyl (C=O) groups excluding carboxylic acids is 4. The summed E-state index contributed by atoms with van der Waals surface area (Å²) >= 11 is 0. The molecule has 2 fully saturated rings. The van der Waals surface area contributed by atoms with Crippen molar-refractivity contribution in [3.63, 3.8) is 0 Å². The fourth-order valence-corrected chi connectivity index (χ4v) is 3.51.